The number of hydrogen-bond acceptors (Lipinski definition) is 6. The lowest BCUT2D eigenvalue weighted by Gasteiger charge is -2.14. The lowest BCUT2D eigenvalue weighted by atomic mass is 10.2. The summed E-state index contributed by atoms with van der Waals surface area (Å²) in [7, 11) is 0. The van der Waals surface area contributed by atoms with Gasteiger partial charge in [0.2, 0.25) is 11.7 Å². The van der Waals surface area contributed by atoms with Crippen LogP contribution in [0.1, 0.15) is 12.5 Å². The topological polar surface area (TPSA) is 97.5 Å². The maximum Gasteiger partial charge on any atom is 0.416 e. The number of nitrogens with zero attached hydrogens (tertiary/aromatic N) is 2. The first-order valence-electron chi connectivity index (χ1n) is 7.19. The molecule has 0 aliphatic carbocycles. The van der Waals surface area contributed by atoms with Gasteiger partial charge in [-0.25, -0.2) is 0 Å². The second kappa shape index (κ2) is 7.75. The summed E-state index contributed by atoms with van der Waals surface area (Å²) in [6.07, 6.45) is -4.55. The molecule has 0 fully saturated rings. The van der Waals surface area contributed by atoms with Gasteiger partial charge >= 0.3 is 11.9 Å². The summed E-state index contributed by atoms with van der Waals surface area (Å²) < 4.78 is 43.3. The van der Waals surface area contributed by atoms with Crippen molar-refractivity contribution in [3.05, 3.63) is 51.0 Å². The van der Waals surface area contributed by atoms with Crippen LogP contribution in [-0.4, -0.2) is 27.7 Å². The third kappa shape index (κ3) is 4.73. The van der Waals surface area contributed by atoms with Crippen molar-refractivity contribution in [3.63, 3.8) is 0 Å². The Morgan fingerprint density at radius 2 is 2.08 bits per heavy atom. The van der Waals surface area contributed by atoms with Crippen LogP contribution in [0.15, 0.2) is 30.3 Å². The number of halogens is 4. The number of nitrogens with one attached hydrogen (secondary N) is 1. The molecule has 0 bridgehead atoms. The van der Waals surface area contributed by atoms with Crippen molar-refractivity contribution in [3.8, 4) is 11.6 Å². The molecule has 2 rings (SSSR count). The Bertz CT molecular complexity index is 817. The zero-order valence-corrected chi connectivity index (χ0v) is 14.0. The summed E-state index contributed by atoms with van der Waals surface area (Å²) in [4.78, 5) is 14.3. The van der Waals surface area contributed by atoms with Crippen molar-refractivity contribution in [1.29, 1.82) is 0 Å². The molecular weight excluding hydrogens is 379 g/mol. The first kappa shape index (κ1) is 19.7. The highest BCUT2D eigenvalue weighted by molar-refractivity contribution is 6.32. The molecule has 0 aliphatic rings. The zero-order chi connectivity index (χ0) is 19.5. The van der Waals surface area contributed by atoms with Crippen LogP contribution < -0.4 is 10.1 Å². The van der Waals surface area contributed by atoms with Crippen molar-refractivity contribution < 1.29 is 27.9 Å². The number of anilines is 1. The Hall–Kier alpha value is -2.59. The maximum absolute atomic E-state index is 12.7. The molecule has 0 saturated carbocycles. The minimum Gasteiger partial charge on any atom is -0.437 e. The molecule has 11 heteroatoms. The molecule has 26 heavy (non-hydrogen) atoms. The molecule has 7 nitrogen and oxygen atoms in total. The number of aliphatic hydroxyl groups excluding tert-OH is 1. The monoisotopic (exact) mass is 391 g/mol. The minimum atomic E-state index is -4.55. The molecule has 0 spiro atoms. The fourth-order valence-corrected chi connectivity index (χ4v) is 2.12. The molecule has 2 aromatic rings. The molecule has 1 aromatic carbocycles. The van der Waals surface area contributed by atoms with E-state index in [1.165, 1.54) is 6.07 Å². The van der Waals surface area contributed by atoms with Crippen LogP contribution in [0, 0.1) is 10.1 Å². The average Bonchev–Trinajstić information content (AvgIpc) is 2.55. The molecule has 0 radical (unpaired) electrons. The lowest BCUT2D eigenvalue weighted by molar-refractivity contribution is -0.384. The number of aromatic nitrogens is 1. The average molecular weight is 392 g/mol. The predicted octanol–water partition coefficient (Wildman–Crippen LogP) is 4.25. The number of benzene rings is 1. The highest BCUT2D eigenvalue weighted by atomic mass is 35.5. The van der Waals surface area contributed by atoms with Gasteiger partial charge in [-0.1, -0.05) is 11.6 Å². The molecule has 1 atom stereocenters. The Kier molecular flexibility index (Phi) is 5.88. The van der Waals surface area contributed by atoms with E-state index >= 15 is 0 Å². The molecule has 0 aliphatic heterocycles. The fourth-order valence-electron chi connectivity index (χ4n) is 1.90. The van der Waals surface area contributed by atoms with Crippen molar-refractivity contribution >= 4 is 23.1 Å². The van der Waals surface area contributed by atoms with E-state index in [0.717, 1.165) is 18.2 Å². The summed E-state index contributed by atoms with van der Waals surface area (Å²) >= 11 is 5.80. The van der Waals surface area contributed by atoms with Gasteiger partial charge in [0.1, 0.15) is 5.75 Å². The first-order chi connectivity index (χ1) is 12.1. The van der Waals surface area contributed by atoms with E-state index in [4.69, 9.17) is 21.4 Å². The van der Waals surface area contributed by atoms with Gasteiger partial charge in [-0.05, 0) is 25.1 Å². The summed E-state index contributed by atoms with van der Waals surface area (Å²) in [6.45, 7) is 1.28. The van der Waals surface area contributed by atoms with E-state index < -0.39 is 22.7 Å². The highest BCUT2D eigenvalue weighted by Crippen LogP contribution is 2.36. The van der Waals surface area contributed by atoms with Crippen LogP contribution >= 0.6 is 11.6 Å². The second-order valence-electron chi connectivity index (χ2n) is 5.25. The first-order valence-corrected chi connectivity index (χ1v) is 7.57. The Balaban J connectivity index is 2.32. The molecule has 140 valence electrons. The third-order valence-corrected chi connectivity index (χ3v) is 3.47. The summed E-state index contributed by atoms with van der Waals surface area (Å²) in [5, 5.41) is 22.5. The number of rotatable bonds is 6. The Labute approximate surface area is 150 Å². The molecule has 1 aromatic heterocycles. The van der Waals surface area contributed by atoms with Gasteiger partial charge in [-0.2, -0.15) is 18.2 Å². The molecule has 1 unspecified atom stereocenters. The lowest BCUT2D eigenvalue weighted by Crippen LogP contribution is -2.20. The van der Waals surface area contributed by atoms with Gasteiger partial charge in [0.15, 0.2) is 0 Å². The fraction of sp³-hybridized carbons (Fsp3) is 0.267. The van der Waals surface area contributed by atoms with Crippen LogP contribution in [0.2, 0.25) is 5.02 Å². The second-order valence-corrected chi connectivity index (χ2v) is 5.65. The SMILES string of the molecule is CC(CO)Nc1nc(Oc2ccc(C(F)(F)F)cc2Cl)ccc1[N+](=O)[O-]. The summed E-state index contributed by atoms with van der Waals surface area (Å²) in [5.74, 6) is -0.371. The minimum absolute atomic E-state index is 0.0952. The Morgan fingerprint density at radius 1 is 1.38 bits per heavy atom. The van der Waals surface area contributed by atoms with Crippen LogP contribution in [0.25, 0.3) is 0 Å². The van der Waals surface area contributed by atoms with Gasteiger partial charge in [-0.15, -0.1) is 0 Å². The quantitative estimate of drug-likeness (QED) is 0.564. The van der Waals surface area contributed by atoms with E-state index in [0.29, 0.717) is 6.07 Å². The van der Waals surface area contributed by atoms with Crippen LogP contribution in [-0.2, 0) is 6.18 Å². The normalized spacial score (nSPS) is 12.5. The van der Waals surface area contributed by atoms with Crippen LogP contribution in [0.5, 0.6) is 11.6 Å². The van der Waals surface area contributed by atoms with Gasteiger partial charge < -0.3 is 15.2 Å². The predicted molar refractivity (Wildman–Crippen MR) is 87.6 cm³/mol. The maximum atomic E-state index is 12.7. The van der Waals surface area contributed by atoms with Crippen molar-refractivity contribution in [2.75, 3.05) is 11.9 Å². The van der Waals surface area contributed by atoms with Crippen molar-refractivity contribution in [2.24, 2.45) is 0 Å². The molecular formula is C15H13ClF3N3O4. The van der Waals surface area contributed by atoms with E-state index in [1.807, 2.05) is 0 Å². The highest BCUT2D eigenvalue weighted by Gasteiger charge is 2.31. The number of aliphatic hydroxyl groups is 1. The van der Waals surface area contributed by atoms with Crippen molar-refractivity contribution in [1.82, 2.24) is 4.98 Å². The van der Waals surface area contributed by atoms with E-state index in [9.17, 15) is 23.3 Å². The number of pyridine rings is 1. The molecule has 2 N–H and O–H groups in total. The summed E-state index contributed by atoms with van der Waals surface area (Å²) in [6, 6.07) is 4.30. The van der Waals surface area contributed by atoms with E-state index in [1.54, 1.807) is 6.92 Å². The van der Waals surface area contributed by atoms with Gasteiger partial charge in [0.25, 0.3) is 0 Å². The zero-order valence-electron chi connectivity index (χ0n) is 13.2. The molecule has 1 heterocycles. The van der Waals surface area contributed by atoms with Gasteiger partial charge in [0.05, 0.1) is 22.1 Å². The van der Waals surface area contributed by atoms with Crippen LogP contribution in [0.4, 0.5) is 24.7 Å². The number of nitro groups is 1. The molecule has 0 saturated heterocycles. The largest absolute Gasteiger partial charge is 0.437 e. The van der Waals surface area contributed by atoms with E-state index in [-0.39, 0.29) is 34.8 Å². The van der Waals surface area contributed by atoms with Crippen molar-refractivity contribution in [2.45, 2.75) is 19.1 Å². The summed E-state index contributed by atoms with van der Waals surface area (Å²) in [5.41, 5.74) is -1.29. The number of alkyl halides is 3. The Morgan fingerprint density at radius 3 is 2.62 bits per heavy atom. The van der Waals surface area contributed by atoms with E-state index in [2.05, 4.69) is 10.3 Å². The molecule has 0 amide bonds. The van der Waals surface area contributed by atoms with Gasteiger partial charge in [0, 0.05) is 18.2 Å². The standard InChI is InChI=1S/C15H13ClF3N3O4/c1-8(7-23)20-14-11(22(24)25)3-5-13(21-14)26-12-4-2-9(6-10(12)16)15(17,18)19/h2-6,8,23H,7H2,1H3,(H,20,21). The van der Waals surface area contributed by atoms with Gasteiger partial charge in [-0.3, -0.25) is 10.1 Å². The van der Waals surface area contributed by atoms with Crippen LogP contribution in [0.3, 0.4) is 0 Å². The number of ether oxygens (including phenoxy) is 1. The number of hydrogen-bond donors (Lipinski definition) is 2. The smallest absolute Gasteiger partial charge is 0.416 e. The third-order valence-electron chi connectivity index (χ3n) is 3.18.